The maximum absolute atomic E-state index is 13.1. The Bertz CT molecular complexity index is 1440. The second-order valence-electron chi connectivity index (χ2n) is 10.6. The molecule has 6 rings (SSSR count). The van der Waals surface area contributed by atoms with Crippen molar-refractivity contribution in [1.82, 2.24) is 5.32 Å². The van der Waals surface area contributed by atoms with Gasteiger partial charge in [0.2, 0.25) is 0 Å². The fourth-order valence-electron chi connectivity index (χ4n) is 5.94. The second kappa shape index (κ2) is 7.26. The van der Waals surface area contributed by atoms with E-state index in [1.54, 1.807) is 0 Å². The van der Waals surface area contributed by atoms with Gasteiger partial charge in [0.1, 0.15) is 0 Å². The molecule has 0 spiro atoms. The molecule has 0 heterocycles. The Balaban J connectivity index is 1.29. The van der Waals surface area contributed by atoms with Crippen LogP contribution in [0.25, 0.3) is 22.3 Å². The van der Waals surface area contributed by atoms with Crippen LogP contribution in [0.15, 0.2) is 84.9 Å². The number of rotatable bonds is 2. The number of benzene rings is 4. The molecule has 0 atom stereocenters. The summed E-state index contributed by atoms with van der Waals surface area (Å²) in [5.74, 6) is -0.764. The predicted octanol–water partition coefficient (Wildman–Crippen LogP) is 6.87. The Morgan fingerprint density at radius 2 is 0.886 bits per heavy atom. The average Bonchev–Trinajstić information content (AvgIpc) is 3.23. The van der Waals surface area contributed by atoms with E-state index in [0.29, 0.717) is 11.1 Å². The summed E-state index contributed by atoms with van der Waals surface area (Å²) < 4.78 is 0. The third kappa shape index (κ3) is 3.04. The zero-order valence-corrected chi connectivity index (χ0v) is 20.4. The van der Waals surface area contributed by atoms with E-state index < -0.39 is 0 Å². The van der Waals surface area contributed by atoms with Gasteiger partial charge in [-0.15, -0.1) is 0 Å². The number of fused-ring (bicyclic) bond motifs is 6. The van der Waals surface area contributed by atoms with E-state index in [2.05, 4.69) is 69.4 Å². The molecule has 3 heteroatoms. The van der Waals surface area contributed by atoms with Crippen LogP contribution in [0.3, 0.4) is 0 Å². The highest BCUT2D eigenvalue weighted by atomic mass is 16.2. The molecule has 0 fully saturated rings. The van der Waals surface area contributed by atoms with Crippen molar-refractivity contribution >= 4 is 11.8 Å². The molecule has 3 nitrogen and oxygen atoms in total. The lowest BCUT2D eigenvalue weighted by atomic mass is 9.82. The van der Waals surface area contributed by atoms with Crippen molar-refractivity contribution in [2.24, 2.45) is 0 Å². The van der Waals surface area contributed by atoms with Gasteiger partial charge in [-0.25, -0.2) is 0 Å². The minimum absolute atomic E-state index is 0.202. The summed E-state index contributed by atoms with van der Waals surface area (Å²) in [6, 6.07) is 28.2. The maximum atomic E-state index is 13.1. The molecule has 0 bridgehead atoms. The maximum Gasteiger partial charge on any atom is 0.258 e. The highest BCUT2D eigenvalue weighted by Crippen LogP contribution is 2.49. The van der Waals surface area contributed by atoms with Crippen molar-refractivity contribution in [3.8, 4) is 22.3 Å². The number of nitrogens with one attached hydrogen (secondary N) is 1. The van der Waals surface area contributed by atoms with Crippen molar-refractivity contribution in [3.63, 3.8) is 0 Å². The van der Waals surface area contributed by atoms with Crippen LogP contribution < -0.4 is 5.32 Å². The van der Waals surface area contributed by atoms with Crippen molar-refractivity contribution in [2.45, 2.75) is 38.5 Å². The van der Waals surface area contributed by atoms with Gasteiger partial charge in [-0.3, -0.25) is 14.9 Å². The minimum atomic E-state index is -0.382. The fourth-order valence-corrected chi connectivity index (χ4v) is 5.94. The molecule has 172 valence electrons. The highest BCUT2D eigenvalue weighted by molar-refractivity contribution is 6.11. The molecule has 4 aromatic carbocycles. The van der Waals surface area contributed by atoms with Crippen LogP contribution >= 0.6 is 0 Å². The first-order valence-corrected chi connectivity index (χ1v) is 12.0. The van der Waals surface area contributed by atoms with Gasteiger partial charge in [-0.05, 0) is 68.8 Å². The molecule has 0 aliphatic heterocycles. The standard InChI is InChI=1S/C32H27NO2/c1-31(2)25-11-7-5-9-21(25)23-15-13-19(17-27(23)31)29(34)33-30(35)20-14-16-24-22-10-6-8-12-26(22)32(3,4)28(24)18-20/h5-18H,1-4H3,(H,33,34,35). The van der Waals surface area contributed by atoms with Gasteiger partial charge in [-0.1, -0.05) is 88.4 Å². The lowest BCUT2D eigenvalue weighted by Crippen LogP contribution is -2.31. The van der Waals surface area contributed by atoms with Gasteiger partial charge in [0, 0.05) is 22.0 Å². The van der Waals surface area contributed by atoms with Crippen molar-refractivity contribution in [2.75, 3.05) is 0 Å². The molecule has 35 heavy (non-hydrogen) atoms. The van der Waals surface area contributed by atoms with Gasteiger partial charge in [0.25, 0.3) is 11.8 Å². The first-order chi connectivity index (χ1) is 16.7. The van der Waals surface area contributed by atoms with E-state index in [9.17, 15) is 9.59 Å². The smallest absolute Gasteiger partial charge is 0.258 e. The summed E-state index contributed by atoms with van der Waals surface area (Å²) in [7, 11) is 0. The van der Waals surface area contributed by atoms with Crippen LogP contribution in [0, 0.1) is 0 Å². The van der Waals surface area contributed by atoms with Gasteiger partial charge < -0.3 is 0 Å². The molecule has 4 aromatic rings. The van der Waals surface area contributed by atoms with Crippen LogP contribution in [0.4, 0.5) is 0 Å². The van der Waals surface area contributed by atoms with Crippen molar-refractivity contribution in [1.29, 1.82) is 0 Å². The Kier molecular flexibility index (Phi) is 4.47. The lowest BCUT2D eigenvalue weighted by molar-refractivity contribution is 0.0849. The van der Waals surface area contributed by atoms with Gasteiger partial charge in [0.15, 0.2) is 0 Å². The van der Waals surface area contributed by atoms with Crippen molar-refractivity contribution < 1.29 is 9.59 Å². The van der Waals surface area contributed by atoms with Crippen LogP contribution in [0.1, 0.15) is 70.7 Å². The Morgan fingerprint density at radius 1 is 0.514 bits per heavy atom. The van der Waals surface area contributed by atoms with Gasteiger partial charge in [-0.2, -0.15) is 0 Å². The zero-order valence-electron chi connectivity index (χ0n) is 20.4. The molecule has 2 amide bonds. The van der Waals surface area contributed by atoms with Gasteiger partial charge in [0.05, 0.1) is 0 Å². The number of carbonyl (C=O) groups is 2. The largest absolute Gasteiger partial charge is 0.288 e. The number of imide groups is 1. The van der Waals surface area contributed by atoms with Crippen LogP contribution in [0.5, 0.6) is 0 Å². The monoisotopic (exact) mass is 457 g/mol. The molecule has 0 saturated carbocycles. The Morgan fingerprint density at radius 3 is 1.31 bits per heavy atom. The fraction of sp³-hybridized carbons (Fsp3) is 0.188. The molecule has 2 aliphatic carbocycles. The van der Waals surface area contributed by atoms with Crippen molar-refractivity contribution in [3.05, 3.63) is 118 Å². The summed E-state index contributed by atoms with van der Waals surface area (Å²) in [4.78, 5) is 26.2. The van der Waals surface area contributed by atoms with Crippen LogP contribution in [-0.4, -0.2) is 11.8 Å². The quantitative estimate of drug-likeness (QED) is 0.334. The molecule has 1 N–H and O–H groups in total. The summed E-state index contributed by atoms with van der Waals surface area (Å²) in [6.07, 6.45) is 0. The molecule has 0 saturated heterocycles. The molecule has 0 aromatic heterocycles. The molecule has 0 radical (unpaired) electrons. The molecular formula is C32H27NO2. The number of carbonyl (C=O) groups excluding carboxylic acids is 2. The Labute approximate surface area is 205 Å². The molecule has 2 aliphatic rings. The Hall–Kier alpha value is -3.98. The third-order valence-electron chi connectivity index (χ3n) is 7.92. The summed E-state index contributed by atoms with van der Waals surface area (Å²) in [6.45, 7) is 8.70. The zero-order chi connectivity index (χ0) is 24.5. The van der Waals surface area contributed by atoms with Crippen LogP contribution in [0.2, 0.25) is 0 Å². The minimum Gasteiger partial charge on any atom is -0.288 e. The van der Waals surface area contributed by atoms with Gasteiger partial charge >= 0.3 is 0 Å². The molecular weight excluding hydrogens is 430 g/mol. The third-order valence-corrected chi connectivity index (χ3v) is 7.92. The summed E-state index contributed by atoms with van der Waals surface area (Å²) >= 11 is 0. The number of hydrogen-bond donors (Lipinski definition) is 1. The first kappa shape index (κ1) is 21.5. The normalized spacial score (nSPS) is 15.5. The second-order valence-corrected chi connectivity index (χ2v) is 10.6. The lowest BCUT2D eigenvalue weighted by Gasteiger charge is -2.22. The van der Waals surface area contributed by atoms with E-state index >= 15 is 0 Å². The predicted molar refractivity (Wildman–Crippen MR) is 140 cm³/mol. The summed E-state index contributed by atoms with van der Waals surface area (Å²) in [5, 5.41) is 2.61. The van der Waals surface area contributed by atoms with E-state index in [1.807, 2.05) is 48.5 Å². The van der Waals surface area contributed by atoms with E-state index in [1.165, 1.54) is 22.3 Å². The number of amides is 2. The SMILES string of the molecule is CC1(C)c2ccccc2-c2ccc(C(=O)NC(=O)c3ccc4c(c3)C(C)(C)c3ccccc3-4)cc21. The molecule has 0 unspecified atom stereocenters. The van der Waals surface area contributed by atoms with Crippen LogP contribution in [-0.2, 0) is 10.8 Å². The average molecular weight is 458 g/mol. The van der Waals surface area contributed by atoms with E-state index in [0.717, 1.165) is 22.3 Å². The topological polar surface area (TPSA) is 46.2 Å². The van der Waals surface area contributed by atoms with E-state index in [-0.39, 0.29) is 22.6 Å². The first-order valence-electron chi connectivity index (χ1n) is 12.0. The summed E-state index contributed by atoms with van der Waals surface area (Å²) in [5.41, 5.74) is 10.0. The number of hydrogen-bond acceptors (Lipinski definition) is 2. The highest BCUT2D eigenvalue weighted by Gasteiger charge is 2.37. The van der Waals surface area contributed by atoms with E-state index in [4.69, 9.17) is 0 Å².